The van der Waals surface area contributed by atoms with E-state index in [1.807, 2.05) is 6.92 Å². The molecular weight excluding hydrogens is 290 g/mol. The van der Waals surface area contributed by atoms with Crippen LogP contribution in [0.15, 0.2) is 23.4 Å². The van der Waals surface area contributed by atoms with Gasteiger partial charge >= 0.3 is 0 Å². The van der Waals surface area contributed by atoms with Gasteiger partial charge in [0.2, 0.25) is 0 Å². The number of aromatic nitrogens is 1. The van der Waals surface area contributed by atoms with Crippen molar-refractivity contribution >= 4 is 10.0 Å². The second-order valence-electron chi connectivity index (χ2n) is 5.58. The monoisotopic (exact) mass is 313 g/mol. The van der Waals surface area contributed by atoms with Crippen LogP contribution in [-0.2, 0) is 21.3 Å². The Morgan fingerprint density at radius 2 is 2.24 bits per heavy atom. The third-order valence-corrected chi connectivity index (χ3v) is 5.32. The van der Waals surface area contributed by atoms with Gasteiger partial charge in [-0.15, -0.1) is 0 Å². The number of hydrogen-bond acceptors (Lipinski definition) is 5. The van der Waals surface area contributed by atoms with E-state index in [0.717, 1.165) is 5.56 Å². The molecule has 0 amide bonds. The summed E-state index contributed by atoms with van der Waals surface area (Å²) >= 11 is 0. The number of morpholine rings is 1. The van der Waals surface area contributed by atoms with Crippen LogP contribution in [0.5, 0.6) is 0 Å². The molecule has 0 bridgehead atoms. The van der Waals surface area contributed by atoms with Crippen LogP contribution in [0, 0.1) is 0 Å². The van der Waals surface area contributed by atoms with Gasteiger partial charge in [-0.1, -0.05) is 19.9 Å². The third kappa shape index (κ3) is 4.00. The fraction of sp³-hybridized carbons (Fsp3) is 0.643. The molecule has 1 aromatic rings. The SMILES string of the molecule is CC(C)NCc1ccc(S(=O)(=O)N2CCOCC2C)nc1. The van der Waals surface area contributed by atoms with E-state index in [0.29, 0.717) is 32.3 Å². The molecule has 1 aliphatic rings. The highest BCUT2D eigenvalue weighted by Gasteiger charge is 2.32. The van der Waals surface area contributed by atoms with E-state index in [1.165, 1.54) is 4.31 Å². The average molecular weight is 313 g/mol. The third-order valence-electron chi connectivity index (χ3n) is 3.39. The highest BCUT2D eigenvalue weighted by Crippen LogP contribution is 2.19. The maximum absolute atomic E-state index is 12.6. The molecule has 1 aromatic heterocycles. The molecule has 7 heteroatoms. The van der Waals surface area contributed by atoms with Crippen molar-refractivity contribution in [1.29, 1.82) is 0 Å². The molecule has 2 heterocycles. The molecule has 6 nitrogen and oxygen atoms in total. The molecule has 1 fully saturated rings. The molecule has 0 aromatic carbocycles. The summed E-state index contributed by atoms with van der Waals surface area (Å²) in [4.78, 5) is 4.13. The van der Waals surface area contributed by atoms with E-state index < -0.39 is 10.0 Å². The molecule has 1 aliphatic heterocycles. The molecular formula is C14H23N3O3S. The van der Waals surface area contributed by atoms with E-state index in [9.17, 15) is 8.42 Å². The second kappa shape index (κ2) is 6.83. The van der Waals surface area contributed by atoms with E-state index in [4.69, 9.17) is 4.74 Å². The molecule has 2 rings (SSSR count). The average Bonchev–Trinajstić information content (AvgIpc) is 2.46. The summed E-state index contributed by atoms with van der Waals surface area (Å²) in [5.41, 5.74) is 0.970. The molecule has 118 valence electrons. The Morgan fingerprint density at radius 3 is 2.81 bits per heavy atom. The Balaban J connectivity index is 2.13. The topological polar surface area (TPSA) is 71.5 Å². The largest absolute Gasteiger partial charge is 0.378 e. The van der Waals surface area contributed by atoms with Gasteiger partial charge in [0.1, 0.15) is 0 Å². The molecule has 0 radical (unpaired) electrons. The van der Waals surface area contributed by atoms with E-state index in [-0.39, 0.29) is 11.1 Å². The number of sulfonamides is 1. The first-order valence-corrected chi connectivity index (χ1v) is 8.63. The summed E-state index contributed by atoms with van der Waals surface area (Å²) in [5.74, 6) is 0. The smallest absolute Gasteiger partial charge is 0.260 e. The summed E-state index contributed by atoms with van der Waals surface area (Å²) < 4.78 is 31.9. The van der Waals surface area contributed by atoms with Crippen LogP contribution in [0.2, 0.25) is 0 Å². The zero-order chi connectivity index (χ0) is 15.5. The van der Waals surface area contributed by atoms with Crippen LogP contribution < -0.4 is 5.32 Å². The van der Waals surface area contributed by atoms with Gasteiger partial charge in [-0.3, -0.25) is 0 Å². The lowest BCUT2D eigenvalue weighted by Gasteiger charge is -2.31. The first kappa shape index (κ1) is 16.4. The maximum Gasteiger partial charge on any atom is 0.260 e. The van der Waals surface area contributed by atoms with Crippen molar-refractivity contribution in [2.45, 2.75) is 44.4 Å². The Morgan fingerprint density at radius 1 is 1.48 bits per heavy atom. The van der Waals surface area contributed by atoms with Crippen LogP contribution in [0.25, 0.3) is 0 Å². The van der Waals surface area contributed by atoms with Gasteiger partial charge in [0.05, 0.1) is 13.2 Å². The van der Waals surface area contributed by atoms with Crippen LogP contribution in [-0.4, -0.2) is 49.5 Å². The molecule has 0 spiro atoms. The van der Waals surface area contributed by atoms with Crippen LogP contribution >= 0.6 is 0 Å². The summed E-state index contributed by atoms with van der Waals surface area (Å²) in [6.45, 7) is 7.88. The number of nitrogens with zero attached hydrogens (tertiary/aromatic N) is 2. The molecule has 1 unspecified atom stereocenters. The molecule has 21 heavy (non-hydrogen) atoms. The number of nitrogens with one attached hydrogen (secondary N) is 1. The minimum Gasteiger partial charge on any atom is -0.378 e. The van der Waals surface area contributed by atoms with Crippen molar-refractivity contribution in [2.24, 2.45) is 0 Å². The van der Waals surface area contributed by atoms with Gasteiger partial charge in [-0.25, -0.2) is 13.4 Å². The van der Waals surface area contributed by atoms with Gasteiger partial charge in [-0.2, -0.15) is 4.31 Å². The fourth-order valence-electron chi connectivity index (χ4n) is 2.18. The fourth-order valence-corrected chi connectivity index (χ4v) is 3.69. The minimum absolute atomic E-state index is 0.101. The number of rotatable bonds is 5. The summed E-state index contributed by atoms with van der Waals surface area (Å²) in [6.07, 6.45) is 1.62. The van der Waals surface area contributed by atoms with Crippen LogP contribution in [0.4, 0.5) is 0 Å². The zero-order valence-electron chi connectivity index (χ0n) is 12.7. The summed E-state index contributed by atoms with van der Waals surface area (Å²) in [5, 5.41) is 3.38. The van der Waals surface area contributed by atoms with Crippen molar-refractivity contribution in [3.63, 3.8) is 0 Å². The number of hydrogen-bond donors (Lipinski definition) is 1. The molecule has 0 aliphatic carbocycles. The second-order valence-corrected chi connectivity index (χ2v) is 7.42. The van der Waals surface area contributed by atoms with Gasteiger partial charge in [0, 0.05) is 31.4 Å². The highest BCUT2D eigenvalue weighted by atomic mass is 32.2. The highest BCUT2D eigenvalue weighted by molar-refractivity contribution is 7.89. The van der Waals surface area contributed by atoms with Crippen molar-refractivity contribution in [3.05, 3.63) is 23.9 Å². The summed E-state index contributed by atoms with van der Waals surface area (Å²) in [7, 11) is -3.54. The van der Waals surface area contributed by atoms with Crippen molar-refractivity contribution < 1.29 is 13.2 Å². The van der Waals surface area contributed by atoms with Crippen molar-refractivity contribution in [3.8, 4) is 0 Å². The minimum atomic E-state index is -3.54. The zero-order valence-corrected chi connectivity index (χ0v) is 13.6. The standard InChI is InChI=1S/C14H23N3O3S/c1-11(2)15-8-13-4-5-14(16-9-13)21(18,19)17-6-7-20-10-12(17)3/h4-5,9,11-12,15H,6-8,10H2,1-3H3. The van der Waals surface area contributed by atoms with Gasteiger partial charge in [0.25, 0.3) is 10.0 Å². The van der Waals surface area contributed by atoms with Gasteiger partial charge in [-0.05, 0) is 18.6 Å². The van der Waals surface area contributed by atoms with Crippen LogP contribution in [0.3, 0.4) is 0 Å². The van der Waals surface area contributed by atoms with E-state index in [1.54, 1.807) is 18.3 Å². The Kier molecular flexibility index (Phi) is 5.32. The molecule has 0 saturated carbocycles. The first-order valence-electron chi connectivity index (χ1n) is 7.19. The quantitative estimate of drug-likeness (QED) is 0.878. The van der Waals surface area contributed by atoms with Crippen molar-refractivity contribution in [2.75, 3.05) is 19.8 Å². The lowest BCUT2D eigenvalue weighted by atomic mass is 10.2. The normalized spacial score (nSPS) is 20.9. The molecule has 1 atom stereocenters. The van der Waals surface area contributed by atoms with Crippen molar-refractivity contribution in [1.82, 2.24) is 14.6 Å². The van der Waals surface area contributed by atoms with Gasteiger partial charge < -0.3 is 10.1 Å². The Hall–Kier alpha value is -1.02. The first-order chi connectivity index (χ1) is 9.91. The Labute approximate surface area is 126 Å². The van der Waals surface area contributed by atoms with Gasteiger partial charge in [0.15, 0.2) is 5.03 Å². The maximum atomic E-state index is 12.6. The van der Waals surface area contributed by atoms with E-state index in [2.05, 4.69) is 24.1 Å². The summed E-state index contributed by atoms with van der Waals surface area (Å²) in [6, 6.07) is 3.60. The lowest BCUT2D eigenvalue weighted by molar-refractivity contribution is 0.0391. The lowest BCUT2D eigenvalue weighted by Crippen LogP contribution is -2.47. The van der Waals surface area contributed by atoms with Crippen LogP contribution in [0.1, 0.15) is 26.3 Å². The van der Waals surface area contributed by atoms with E-state index >= 15 is 0 Å². The number of ether oxygens (including phenoxy) is 1. The predicted molar refractivity (Wildman–Crippen MR) is 80.4 cm³/mol. The molecule has 1 saturated heterocycles. The Bertz CT molecular complexity index is 557. The number of pyridine rings is 1. The molecule has 1 N–H and O–H groups in total. The predicted octanol–water partition coefficient (Wildman–Crippen LogP) is 0.989.